The highest BCUT2D eigenvalue weighted by molar-refractivity contribution is 7.89. The predicted molar refractivity (Wildman–Crippen MR) is 60.7 cm³/mol. The van der Waals surface area contributed by atoms with Gasteiger partial charge in [-0.2, -0.15) is 4.31 Å². The summed E-state index contributed by atoms with van der Waals surface area (Å²) in [6.45, 7) is 4.38. The van der Waals surface area contributed by atoms with E-state index >= 15 is 0 Å². The van der Waals surface area contributed by atoms with Gasteiger partial charge in [0.05, 0.1) is 5.75 Å². The molecule has 0 amide bonds. The zero-order chi connectivity index (χ0) is 12.4. The Kier molecular flexibility index (Phi) is 3.96. The van der Waals surface area contributed by atoms with Gasteiger partial charge in [0.1, 0.15) is 0 Å². The minimum Gasteiger partial charge on any atom is -0.481 e. The Labute approximate surface area is 96.5 Å². The van der Waals surface area contributed by atoms with Gasteiger partial charge in [0.25, 0.3) is 0 Å². The van der Waals surface area contributed by atoms with Crippen LogP contribution in [0.25, 0.3) is 0 Å². The zero-order valence-corrected chi connectivity index (χ0v) is 10.6. The summed E-state index contributed by atoms with van der Waals surface area (Å²) in [5.74, 6) is -1.01. The van der Waals surface area contributed by atoms with E-state index in [-0.39, 0.29) is 24.1 Å². The lowest BCUT2D eigenvalue weighted by molar-refractivity contribution is -0.137. The van der Waals surface area contributed by atoms with Crippen LogP contribution in [-0.4, -0.2) is 41.6 Å². The fourth-order valence-electron chi connectivity index (χ4n) is 2.11. The summed E-state index contributed by atoms with van der Waals surface area (Å²) in [5.41, 5.74) is -0.317. The Balaban J connectivity index is 2.60. The molecule has 5 nitrogen and oxygen atoms in total. The molecule has 6 heteroatoms. The molecule has 0 aromatic carbocycles. The lowest BCUT2D eigenvalue weighted by Gasteiger charge is -2.30. The third-order valence-electron chi connectivity index (χ3n) is 2.95. The van der Waals surface area contributed by atoms with E-state index in [4.69, 9.17) is 5.11 Å². The van der Waals surface area contributed by atoms with Crippen LogP contribution < -0.4 is 0 Å². The van der Waals surface area contributed by atoms with Gasteiger partial charge in [-0.3, -0.25) is 4.79 Å². The van der Waals surface area contributed by atoms with Crippen LogP contribution in [0, 0.1) is 0 Å². The van der Waals surface area contributed by atoms with Crippen LogP contribution in [0.3, 0.4) is 0 Å². The quantitative estimate of drug-likeness (QED) is 0.790. The SMILES string of the molecule is CC1(C)CCCN1S(=O)(=O)CCCC(=O)O. The van der Waals surface area contributed by atoms with Crippen molar-refractivity contribution in [2.75, 3.05) is 12.3 Å². The molecule has 94 valence electrons. The van der Waals surface area contributed by atoms with E-state index in [1.165, 1.54) is 4.31 Å². The van der Waals surface area contributed by atoms with E-state index in [2.05, 4.69) is 0 Å². The minimum absolute atomic E-state index is 0.0667. The summed E-state index contributed by atoms with van der Waals surface area (Å²) in [4.78, 5) is 10.3. The van der Waals surface area contributed by atoms with Gasteiger partial charge in [-0.1, -0.05) is 0 Å². The normalized spacial score (nSPS) is 21.1. The highest BCUT2D eigenvalue weighted by Crippen LogP contribution is 2.31. The first kappa shape index (κ1) is 13.4. The Hall–Kier alpha value is -0.620. The number of hydrogen-bond acceptors (Lipinski definition) is 3. The number of carboxylic acid groups (broad SMARTS) is 1. The van der Waals surface area contributed by atoms with Crippen LogP contribution in [0.4, 0.5) is 0 Å². The molecular formula is C10H19NO4S. The van der Waals surface area contributed by atoms with E-state index in [0.717, 1.165) is 12.8 Å². The van der Waals surface area contributed by atoms with Gasteiger partial charge in [0.2, 0.25) is 10.0 Å². The van der Waals surface area contributed by atoms with Crippen molar-refractivity contribution in [1.29, 1.82) is 0 Å². The summed E-state index contributed by atoms with van der Waals surface area (Å²) in [6, 6.07) is 0. The summed E-state index contributed by atoms with van der Waals surface area (Å²) in [7, 11) is -3.29. The first-order valence-corrected chi connectivity index (χ1v) is 7.09. The van der Waals surface area contributed by atoms with Crippen LogP contribution in [0.2, 0.25) is 0 Å². The summed E-state index contributed by atoms with van der Waals surface area (Å²) >= 11 is 0. The van der Waals surface area contributed by atoms with Gasteiger partial charge in [-0.15, -0.1) is 0 Å². The van der Waals surface area contributed by atoms with Crippen LogP contribution >= 0.6 is 0 Å². The van der Waals surface area contributed by atoms with Crippen LogP contribution in [-0.2, 0) is 14.8 Å². The monoisotopic (exact) mass is 249 g/mol. The summed E-state index contributed by atoms with van der Waals surface area (Å²) in [6.07, 6.45) is 1.84. The molecule has 1 aliphatic rings. The van der Waals surface area contributed by atoms with Gasteiger partial charge < -0.3 is 5.11 Å². The van der Waals surface area contributed by atoms with E-state index in [9.17, 15) is 13.2 Å². The highest BCUT2D eigenvalue weighted by atomic mass is 32.2. The maximum atomic E-state index is 12.0. The average Bonchev–Trinajstić information content (AvgIpc) is 2.44. The van der Waals surface area contributed by atoms with E-state index in [1.54, 1.807) is 0 Å². The molecule has 0 bridgehead atoms. The molecule has 0 spiro atoms. The third-order valence-corrected chi connectivity index (χ3v) is 5.11. The summed E-state index contributed by atoms with van der Waals surface area (Å²) in [5, 5.41) is 8.47. The van der Waals surface area contributed by atoms with Gasteiger partial charge in [0, 0.05) is 18.5 Å². The fraction of sp³-hybridized carbons (Fsp3) is 0.900. The standard InChI is InChI=1S/C10H19NO4S/c1-10(2)6-4-7-11(10)16(14,15)8-3-5-9(12)13/h3-8H2,1-2H3,(H,12,13). The Bertz CT molecular complexity index is 361. The van der Waals surface area contributed by atoms with Crippen molar-refractivity contribution in [2.24, 2.45) is 0 Å². The van der Waals surface area contributed by atoms with E-state index in [0.29, 0.717) is 6.54 Å². The van der Waals surface area contributed by atoms with Crippen molar-refractivity contribution in [3.8, 4) is 0 Å². The zero-order valence-electron chi connectivity index (χ0n) is 9.77. The molecule has 0 aliphatic carbocycles. The molecule has 16 heavy (non-hydrogen) atoms. The molecule has 1 saturated heterocycles. The molecule has 1 fully saturated rings. The number of nitrogens with zero attached hydrogens (tertiary/aromatic N) is 1. The summed E-state index contributed by atoms with van der Waals surface area (Å²) < 4.78 is 25.4. The first-order valence-electron chi connectivity index (χ1n) is 5.48. The molecule has 0 saturated carbocycles. The van der Waals surface area contributed by atoms with Crippen molar-refractivity contribution >= 4 is 16.0 Å². The van der Waals surface area contributed by atoms with Gasteiger partial charge in [-0.05, 0) is 33.1 Å². The maximum Gasteiger partial charge on any atom is 0.303 e. The molecule has 1 N–H and O–H groups in total. The second-order valence-electron chi connectivity index (χ2n) is 4.80. The van der Waals surface area contributed by atoms with E-state index in [1.807, 2.05) is 13.8 Å². The smallest absolute Gasteiger partial charge is 0.303 e. The number of carboxylic acids is 1. The van der Waals surface area contributed by atoms with Crippen LogP contribution in [0.15, 0.2) is 0 Å². The van der Waals surface area contributed by atoms with Crippen molar-refractivity contribution in [2.45, 2.75) is 45.1 Å². The molecule has 1 heterocycles. The number of hydrogen-bond donors (Lipinski definition) is 1. The fourth-order valence-corrected chi connectivity index (χ4v) is 4.10. The Morgan fingerprint density at radius 1 is 1.44 bits per heavy atom. The van der Waals surface area contributed by atoms with Crippen LogP contribution in [0.1, 0.15) is 39.5 Å². The molecule has 0 aromatic rings. The second kappa shape index (κ2) is 4.71. The Morgan fingerprint density at radius 3 is 2.50 bits per heavy atom. The van der Waals surface area contributed by atoms with Crippen LogP contribution in [0.5, 0.6) is 0 Å². The Morgan fingerprint density at radius 2 is 2.06 bits per heavy atom. The molecule has 0 atom stereocenters. The highest BCUT2D eigenvalue weighted by Gasteiger charge is 2.39. The van der Waals surface area contributed by atoms with Gasteiger partial charge in [0.15, 0.2) is 0 Å². The van der Waals surface area contributed by atoms with Crippen molar-refractivity contribution in [3.05, 3.63) is 0 Å². The number of carbonyl (C=O) groups is 1. The lowest BCUT2D eigenvalue weighted by atomic mass is 10.0. The first-order chi connectivity index (χ1) is 7.26. The molecule has 0 unspecified atom stereocenters. The topological polar surface area (TPSA) is 74.7 Å². The molecule has 1 aliphatic heterocycles. The van der Waals surface area contributed by atoms with Crippen molar-refractivity contribution < 1.29 is 18.3 Å². The maximum absolute atomic E-state index is 12.0. The van der Waals surface area contributed by atoms with Gasteiger partial charge >= 0.3 is 5.97 Å². The molecule has 0 radical (unpaired) electrons. The van der Waals surface area contributed by atoms with Crippen molar-refractivity contribution in [1.82, 2.24) is 4.31 Å². The average molecular weight is 249 g/mol. The van der Waals surface area contributed by atoms with E-state index < -0.39 is 16.0 Å². The lowest BCUT2D eigenvalue weighted by Crippen LogP contribution is -2.43. The molecular weight excluding hydrogens is 230 g/mol. The number of aliphatic carboxylic acids is 1. The van der Waals surface area contributed by atoms with Crippen molar-refractivity contribution in [3.63, 3.8) is 0 Å². The predicted octanol–water partition coefficient (Wildman–Crippen LogP) is 1.06. The third kappa shape index (κ3) is 3.18. The number of rotatable bonds is 5. The second-order valence-corrected chi connectivity index (χ2v) is 6.81. The van der Waals surface area contributed by atoms with Gasteiger partial charge in [-0.25, -0.2) is 8.42 Å². The largest absolute Gasteiger partial charge is 0.481 e. The number of sulfonamides is 1. The molecule has 1 rings (SSSR count). The minimum atomic E-state index is -3.29. The molecule has 0 aromatic heterocycles.